The molecule has 13 heteroatoms. The van der Waals surface area contributed by atoms with Crippen LogP contribution in [0.15, 0.2) is 12.2 Å². The van der Waals surface area contributed by atoms with E-state index in [-0.39, 0.29) is 24.9 Å². The molecular formula is C30H34O13. The number of rotatable bonds is 2. The van der Waals surface area contributed by atoms with E-state index in [1.807, 2.05) is 6.92 Å². The molecule has 43 heavy (non-hydrogen) atoms. The molecule has 8 unspecified atom stereocenters. The highest BCUT2D eigenvalue weighted by atomic mass is 16.7. The molecule has 13 nitrogen and oxygen atoms in total. The highest BCUT2D eigenvalue weighted by Gasteiger charge is 2.97. The number of carbonyl (C=O) groups is 4. The molecule has 232 valence electrons. The van der Waals surface area contributed by atoms with Crippen molar-refractivity contribution in [2.24, 2.45) is 34.5 Å². The highest BCUT2D eigenvalue weighted by Crippen LogP contribution is 2.78. The molecule has 0 aromatic rings. The minimum absolute atomic E-state index is 0.189. The standard InChI is InChI=1S/C15H18O7.C15H16O6/c1-12(2,18)6-7-10(16)20-8(6)9-13(3)14(7,19)4-5-15(13,22-5)11(17)21-9;1-5(2)7-8-11(16)19-9(7)10-13(3)14(8,18)4-6-15(13,21-6)12(17)20-10/h5-9,18-19H,4H2,1-3H3;6-10,18H,1,4H2,2-3H3/t;6-,7+,8-,9-,10-,13-,14-,15+/m.1/s1. The van der Waals surface area contributed by atoms with Gasteiger partial charge in [-0.2, -0.15) is 0 Å². The van der Waals surface area contributed by atoms with Crippen LogP contribution in [0.5, 0.6) is 0 Å². The second kappa shape index (κ2) is 6.81. The summed E-state index contributed by atoms with van der Waals surface area (Å²) in [5.74, 6) is -4.37. The summed E-state index contributed by atoms with van der Waals surface area (Å²) < 4.78 is 33.2. The Balaban J connectivity index is 0.000000121. The largest absolute Gasteiger partial charge is 0.458 e. The third-order valence-corrected chi connectivity index (χ3v) is 13.4. The second-order valence-corrected chi connectivity index (χ2v) is 15.3. The van der Waals surface area contributed by atoms with E-state index in [0.29, 0.717) is 0 Å². The van der Waals surface area contributed by atoms with Crippen LogP contribution in [0.1, 0.15) is 47.5 Å². The SMILES string of the molecule is C=C(C)[C@@H]1[C@H]2OC(=O)[C@@H]1[C@]1(O)C[C@H]3O[C@]34C(=O)O[C@H]2[C@]14C.CC(C)(O)C1C2OC(=O)C1C1(O)CC3OC34C(=O)OC2C14C. The van der Waals surface area contributed by atoms with Crippen molar-refractivity contribution in [3.63, 3.8) is 0 Å². The smallest absolute Gasteiger partial charge is 0.342 e. The van der Waals surface area contributed by atoms with Gasteiger partial charge in [0.25, 0.3) is 0 Å². The van der Waals surface area contributed by atoms with E-state index in [1.165, 1.54) is 0 Å². The van der Waals surface area contributed by atoms with Crippen molar-refractivity contribution in [2.45, 2.75) is 112 Å². The molecule has 6 heterocycles. The quantitative estimate of drug-likeness (QED) is 0.152. The number of ether oxygens (including phenoxy) is 6. The van der Waals surface area contributed by atoms with Gasteiger partial charge in [-0.15, -0.1) is 0 Å². The summed E-state index contributed by atoms with van der Waals surface area (Å²) in [7, 11) is 0. The number of fused-ring (bicyclic) bond motifs is 8. The predicted molar refractivity (Wildman–Crippen MR) is 135 cm³/mol. The van der Waals surface area contributed by atoms with Gasteiger partial charge in [0, 0.05) is 24.7 Å². The molecular weight excluding hydrogens is 568 g/mol. The van der Waals surface area contributed by atoms with E-state index in [4.69, 9.17) is 28.4 Å². The first-order valence-corrected chi connectivity index (χ1v) is 14.9. The van der Waals surface area contributed by atoms with Gasteiger partial charge in [-0.1, -0.05) is 12.2 Å². The number of epoxide rings is 2. The average Bonchev–Trinajstić information content (AvgIpc) is 3.58. The number of carbonyl (C=O) groups excluding carboxylic acids is 4. The second-order valence-electron chi connectivity index (χ2n) is 15.3. The molecule has 3 N–H and O–H groups in total. The van der Waals surface area contributed by atoms with Crippen LogP contribution in [0.3, 0.4) is 0 Å². The van der Waals surface area contributed by atoms with E-state index in [0.717, 1.165) is 5.57 Å². The minimum Gasteiger partial charge on any atom is -0.458 e. The van der Waals surface area contributed by atoms with Crippen LogP contribution in [0.25, 0.3) is 0 Å². The molecule has 0 aromatic heterocycles. The molecule has 6 saturated heterocycles. The van der Waals surface area contributed by atoms with Crippen LogP contribution in [-0.4, -0.2) is 104 Å². The molecule has 0 aromatic carbocycles. The molecule has 6 aliphatic heterocycles. The Hall–Kier alpha value is -2.58. The molecule has 0 radical (unpaired) electrons. The van der Waals surface area contributed by atoms with E-state index in [2.05, 4.69) is 6.58 Å². The Labute approximate surface area is 245 Å². The Morgan fingerprint density at radius 1 is 0.791 bits per heavy atom. The van der Waals surface area contributed by atoms with Crippen molar-refractivity contribution in [3.8, 4) is 0 Å². The van der Waals surface area contributed by atoms with Gasteiger partial charge in [-0.25, -0.2) is 9.59 Å². The number of hydrogen-bond acceptors (Lipinski definition) is 13. The molecule has 0 amide bonds. The first-order valence-electron chi connectivity index (χ1n) is 14.9. The van der Waals surface area contributed by atoms with Crippen molar-refractivity contribution < 1.29 is 62.9 Å². The van der Waals surface area contributed by atoms with Crippen LogP contribution in [0.4, 0.5) is 0 Å². The molecule has 2 spiro atoms. The van der Waals surface area contributed by atoms with Gasteiger partial charge in [-0.05, 0) is 34.6 Å². The van der Waals surface area contributed by atoms with E-state index in [9.17, 15) is 34.5 Å². The monoisotopic (exact) mass is 602 g/mol. The fourth-order valence-electron chi connectivity index (χ4n) is 11.4. The van der Waals surface area contributed by atoms with Crippen LogP contribution in [0.2, 0.25) is 0 Å². The third kappa shape index (κ3) is 2.29. The Morgan fingerprint density at radius 3 is 1.72 bits per heavy atom. The molecule has 10 fully saturated rings. The number of hydrogen-bond donors (Lipinski definition) is 3. The summed E-state index contributed by atoms with van der Waals surface area (Å²) in [6.45, 7) is 12.5. The van der Waals surface area contributed by atoms with E-state index >= 15 is 0 Å². The zero-order valence-electron chi connectivity index (χ0n) is 24.3. The van der Waals surface area contributed by atoms with Gasteiger partial charge in [0.15, 0.2) is 12.2 Å². The van der Waals surface area contributed by atoms with Gasteiger partial charge in [0.1, 0.15) is 24.4 Å². The summed E-state index contributed by atoms with van der Waals surface area (Å²) in [6.07, 6.45) is -3.12. The topological polar surface area (TPSA) is 191 Å². The lowest BCUT2D eigenvalue weighted by Crippen LogP contribution is -2.68. The molecule has 4 bridgehead atoms. The maximum absolute atomic E-state index is 12.4. The highest BCUT2D eigenvalue weighted by molar-refractivity contribution is 5.92. The predicted octanol–water partition coefficient (Wildman–Crippen LogP) is -0.929. The number of aliphatic hydroxyl groups is 3. The summed E-state index contributed by atoms with van der Waals surface area (Å²) in [6, 6.07) is 0. The normalized spacial score (nSPS) is 61.3. The third-order valence-electron chi connectivity index (χ3n) is 13.4. The minimum atomic E-state index is -1.47. The lowest BCUT2D eigenvalue weighted by Gasteiger charge is -2.53. The van der Waals surface area contributed by atoms with Crippen molar-refractivity contribution in [3.05, 3.63) is 12.2 Å². The summed E-state index contributed by atoms with van der Waals surface area (Å²) in [4.78, 5) is 49.4. The summed E-state index contributed by atoms with van der Waals surface area (Å²) in [5.41, 5.74) is -7.49. The maximum Gasteiger partial charge on any atom is 0.342 e. The van der Waals surface area contributed by atoms with Crippen LogP contribution >= 0.6 is 0 Å². The molecule has 4 saturated carbocycles. The average molecular weight is 603 g/mol. The first-order chi connectivity index (χ1) is 19.9. The van der Waals surface area contributed by atoms with Crippen molar-refractivity contribution >= 4 is 23.9 Å². The van der Waals surface area contributed by atoms with Crippen LogP contribution in [0, 0.1) is 34.5 Å². The van der Waals surface area contributed by atoms with Gasteiger partial charge in [0.2, 0.25) is 11.2 Å². The first kappa shape index (κ1) is 26.8. The molecule has 4 aliphatic carbocycles. The summed E-state index contributed by atoms with van der Waals surface area (Å²) >= 11 is 0. The molecule has 10 aliphatic rings. The van der Waals surface area contributed by atoms with Gasteiger partial charge in [-0.3, -0.25) is 9.59 Å². The lowest BCUT2D eigenvalue weighted by molar-refractivity contribution is -0.223. The van der Waals surface area contributed by atoms with Crippen molar-refractivity contribution in [1.29, 1.82) is 0 Å². The van der Waals surface area contributed by atoms with Gasteiger partial charge >= 0.3 is 23.9 Å². The van der Waals surface area contributed by atoms with Gasteiger partial charge < -0.3 is 43.7 Å². The van der Waals surface area contributed by atoms with Crippen LogP contribution in [-0.2, 0) is 47.6 Å². The van der Waals surface area contributed by atoms with E-state index in [1.54, 1.807) is 27.7 Å². The molecule has 10 rings (SSSR count). The maximum atomic E-state index is 12.4. The van der Waals surface area contributed by atoms with E-state index < -0.39 is 111 Å². The van der Waals surface area contributed by atoms with Crippen molar-refractivity contribution in [2.75, 3.05) is 0 Å². The Kier molecular flexibility index (Phi) is 4.24. The van der Waals surface area contributed by atoms with Crippen LogP contribution < -0.4 is 0 Å². The van der Waals surface area contributed by atoms with Crippen molar-refractivity contribution in [1.82, 2.24) is 0 Å². The Bertz CT molecular complexity index is 1500. The fourth-order valence-corrected chi connectivity index (χ4v) is 11.4. The zero-order chi connectivity index (χ0) is 30.8. The lowest BCUT2D eigenvalue weighted by atomic mass is 9.52. The fraction of sp³-hybridized carbons (Fsp3) is 0.800. The molecule has 16 atom stereocenters. The zero-order valence-corrected chi connectivity index (χ0v) is 24.3. The Morgan fingerprint density at radius 2 is 1.23 bits per heavy atom. The number of esters is 4. The van der Waals surface area contributed by atoms with Gasteiger partial charge in [0.05, 0.1) is 39.5 Å². The summed E-state index contributed by atoms with van der Waals surface area (Å²) in [5, 5.41) is 33.3.